The molecule has 1 saturated heterocycles. The van der Waals surface area contributed by atoms with Gasteiger partial charge < -0.3 is 0 Å². The number of rotatable bonds is 7. The number of nitrogens with zero attached hydrogens (tertiary/aromatic N) is 1. The van der Waals surface area contributed by atoms with Crippen molar-refractivity contribution in [2.24, 2.45) is 10.8 Å². The zero-order valence-corrected chi connectivity index (χ0v) is 13.6. The molecule has 4 heteroatoms. The number of imide groups is 1. The molecule has 1 heterocycles. The first kappa shape index (κ1) is 16.5. The van der Waals surface area contributed by atoms with Gasteiger partial charge in [-0.25, -0.2) is 0 Å². The zero-order chi connectivity index (χ0) is 14.7. The van der Waals surface area contributed by atoms with Crippen LogP contribution in [0.4, 0.5) is 0 Å². The predicted octanol–water partition coefficient (Wildman–Crippen LogP) is 3.29. The van der Waals surface area contributed by atoms with Crippen LogP contribution in [0, 0.1) is 10.8 Å². The third-order valence-electron chi connectivity index (χ3n) is 4.11. The van der Waals surface area contributed by atoms with Gasteiger partial charge in [0.2, 0.25) is 11.8 Å². The fourth-order valence-electron chi connectivity index (χ4n) is 3.07. The quantitative estimate of drug-likeness (QED) is 0.576. The summed E-state index contributed by atoms with van der Waals surface area (Å²) < 4.78 is 0. The number of amides is 2. The largest absolute Gasteiger partial charge is 0.282 e. The van der Waals surface area contributed by atoms with Crippen LogP contribution in [0.3, 0.4) is 0 Å². The molecule has 0 radical (unpaired) electrons. The van der Waals surface area contributed by atoms with Crippen molar-refractivity contribution in [2.45, 2.75) is 59.8 Å². The van der Waals surface area contributed by atoms with E-state index in [1.165, 1.54) is 4.90 Å². The van der Waals surface area contributed by atoms with Crippen molar-refractivity contribution in [1.82, 2.24) is 4.90 Å². The van der Waals surface area contributed by atoms with Crippen LogP contribution in [0.15, 0.2) is 0 Å². The van der Waals surface area contributed by atoms with Gasteiger partial charge in [0.1, 0.15) is 0 Å². The highest BCUT2D eigenvalue weighted by molar-refractivity contribution is 7.80. The molecule has 0 bridgehead atoms. The minimum absolute atomic E-state index is 0.0155. The van der Waals surface area contributed by atoms with Crippen molar-refractivity contribution in [3.8, 4) is 0 Å². The fourth-order valence-corrected chi connectivity index (χ4v) is 3.49. The molecule has 2 amide bonds. The Morgan fingerprint density at radius 1 is 1.21 bits per heavy atom. The molecular weight excluding hydrogens is 258 g/mol. The highest BCUT2D eigenvalue weighted by atomic mass is 32.1. The average molecular weight is 285 g/mol. The van der Waals surface area contributed by atoms with E-state index in [0.717, 1.165) is 31.4 Å². The maximum atomic E-state index is 12.3. The second kappa shape index (κ2) is 6.29. The van der Waals surface area contributed by atoms with Gasteiger partial charge in [-0.3, -0.25) is 14.5 Å². The van der Waals surface area contributed by atoms with E-state index >= 15 is 0 Å². The van der Waals surface area contributed by atoms with Crippen molar-refractivity contribution in [3.05, 3.63) is 0 Å². The Balaban J connectivity index is 2.90. The molecule has 0 N–H and O–H groups in total. The smallest absolute Gasteiger partial charge is 0.235 e. The van der Waals surface area contributed by atoms with Gasteiger partial charge in [0.15, 0.2) is 0 Å². The SMILES string of the molecule is CCCC(CS)(CCC)CN1C(=O)CC(C)(C)C1=O. The predicted molar refractivity (Wildman–Crippen MR) is 81.2 cm³/mol. The number of likely N-dealkylation sites (tertiary alicyclic amines) is 1. The Hall–Kier alpha value is -0.510. The molecule has 1 rings (SSSR count). The number of carbonyl (C=O) groups is 2. The molecular formula is C15H27NO2S. The molecule has 0 aromatic rings. The molecule has 0 atom stereocenters. The van der Waals surface area contributed by atoms with Gasteiger partial charge in [0.25, 0.3) is 0 Å². The summed E-state index contributed by atoms with van der Waals surface area (Å²) in [6, 6.07) is 0. The molecule has 1 aliphatic heterocycles. The van der Waals surface area contributed by atoms with Crippen LogP contribution < -0.4 is 0 Å². The van der Waals surface area contributed by atoms with E-state index in [0.29, 0.717) is 13.0 Å². The second-order valence-corrected chi connectivity index (χ2v) is 6.82. The number of hydrogen-bond acceptors (Lipinski definition) is 3. The van der Waals surface area contributed by atoms with Gasteiger partial charge in [-0.05, 0) is 24.0 Å². The molecule has 3 nitrogen and oxygen atoms in total. The lowest BCUT2D eigenvalue weighted by Crippen LogP contribution is -2.43. The normalized spacial score (nSPS) is 19.3. The van der Waals surface area contributed by atoms with Crippen LogP contribution in [0.1, 0.15) is 59.8 Å². The van der Waals surface area contributed by atoms with Gasteiger partial charge in [-0.15, -0.1) is 0 Å². The van der Waals surface area contributed by atoms with E-state index in [1.54, 1.807) is 0 Å². The van der Waals surface area contributed by atoms with Crippen molar-refractivity contribution >= 4 is 24.4 Å². The molecule has 0 saturated carbocycles. The maximum Gasteiger partial charge on any atom is 0.235 e. The summed E-state index contributed by atoms with van der Waals surface area (Å²) in [4.78, 5) is 25.9. The summed E-state index contributed by atoms with van der Waals surface area (Å²) in [5.41, 5.74) is -0.545. The summed E-state index contributed by atoms with van der Waals surface area (Å²) in [5, 5.41) is 0. The van der Waals surface area contributed by atoms with Gasteiger partial charge in [-0.1, -0.05) is 40.5 Å². The van der Waals surface area contributed by atoms with E-state index in [1.807, 2.05) is 13.8 Å². The van der Waals surface area contributed by atoms with Gasteiger partial charge in [0.05, 0.1) is 5.41 Å². The topological polar surface area (TPSA) is 37.4 Å². The molecule has 1 aliphatic rings. The monoisotopic (exact) mass is 285 g/mol. The average Bonchev–Trinajstić information content (AvgIpc) is 2.52. The van der Waals surface area contributed by atoms with Crippen LogP contribution in [0.5, 0.6) is 0 Å². The highest BCUT2D eigenvalue weighted by Crippen LogP contribution is 2.38. The lowest BCUT2D eigenvalue weighted by Gasteiger charge is -2.35. The molecule has 19 heavy (non-hydrogen) atoms. The van der Waals surface area contributed by atoms with E-state index in [4.69, 9.17) is 0 Å². The Kier molecular flexibility index (Phi) is 5.48. The van der Waals surface area contributed by atoms with Crippen LogP contribution in [0.2, 0.25) is 0 Å². The summed E-state index contributed by atoms with van der Waals surface area (Å²) in [7, 11) is 0. The Bertz CT molecular complexity index is 346. The lowest BCUT2D eigenvalue weighted by molar-refractivity contribution is -0.142. The Morgan fingerprint density at radius 2 is 1.74 bits per heavy atom. The van der Waals surface area contributed by atoms with Gasteiger partial charge >= 0.3 is 0 Å². The lowest BCUT2D eigenvalue weighted by atomic mass is 9.80. The Labute approximate surface area is 122 Å². The standard InChI is InChI=1S/C15H27NO2S/c1-5-7-15(11-19,8-6-2)10-16-12(17)9-14(3,4)13(16)18/h19H,5-11H2,1-4H3. The van der Waals surface area contributed by atoms with Crippen LogP contribution >= 0.6 is 12.6 Å². The molecule has 0 aromatic carbocycles. The van der Waals surface area contributed by atoms with Crippen molar-refractivity contribution in [3.63, 3.8) is 0 Å². The van der Waals surface area contributed by atoms with Crippen LogP contribution in [0.25, 0.3) is 0 Å². The van der Waals surface area contributed by atoms with E-state index in [9.17, 15) is 9.59 Å². The van der Waals surface area contributed by atoms with Crippen molar-refractivity contribution < 1.29 is 9.59 Å². The summed E-state index contributed by atoms with van der Waals surface area (Å²) in [5.74, 6) is 0.691. The Morgan fingerprint density at radius 3 is 2.05 bits per heavy atom. The number of carbonyl (C=O) groups excluding carboxylic acids is 2. The zero-order valence-electron chi connectivity index (χ0n) is 12.7. The van der Waals surface area contributed by atoms with Gasteiger partial charge in [-0.2, -0.15) is 12.6 Å². The first-order valence-electron chi connectivity index (χ1n) is 7.27. The van der Waals surface area contributed by atoms with E-state index < -0.39 is 5.41 Å². The molecule has 1 fully saturated rings. The second-order valence-electron chi connectivity index (χ2n) is 6.50. The van der Waals surface area contributed by atoms with E-state index in [-0.39, 0.29) is 17.2 Å². The van der Waals surface area contributed by atoms with E-state index in [2.05, 4.69) is 26.5 Å². The summed E-state index contributed by atoms with van der Waals surface area (Å²) >= 11 is 4.50. The first-order valence-corrected chi connectivity index (χ1v) is 7.91. The minimum Gasteiger partial charge on any atom is -0.282 e. The maximum absolute atomic E-state index is 12.3. The number of thiol groups is 1. The van der Waals surface area contributed by atoms with Crippen molar-refractivity contribution in [2.75, 3.05) is 12.3 Å². The fraction of sp³-hybridized carbons (Fsp3) is 0.867. The van der Waals surface area contributed by atoms with Crippen molar-refractivity contribution in [1.29, 1.82) is 0 Å². The third-order valence-corrected chi connectivity index (χ3v) is 4.78. The van der Waals surface area contributed by atoms with Crippen LogP contribution in [-0.4, -0.2) is 29.0 Å². The molecule has 0 unspecified atom stereocenters. The molecule has 0 spiro atoms. The van der Waals surface area contributed by atoms with Crippen LogP contribution in [-0.2, 0) is 9.59 Å². The van der Waals surface area contributed by atoms with Gasteiger partial charge in [0, 0.05) is 13.0 Å². The summed E-state index contributed by atoms with van der Waals surface area (Å²) in [6.07, 6.45) is 4.48. The first-order chi connectivity index (χ1) is 8.82. The summed E-state index contributed by atoms with van der Waals surface area (Å²) in [6.45, 7) is 8.54. The molecule has 0 aromatic heterocycles. The highest BCUT2D eigenvalue weighted by Gasteiger charge is 2.47. The molecule has 0 aliphatic carbocycles. The third kappa shape index (κ3) is 3.53. The molecule has 110 valence electrons. The minimum atomic E-state index is -0.530. The number of hydrogen-bond donors (Lipinski definition) is 1.